The highest BCUT2D eigenvalue weighted by Crippen LogP contribution is 2.23. The van der Waals surface area contributed by atoms with Crippen LogP contribution in [0.15, 0.2) is 67.3 Å². The van der Waals surface area contributed by atoms with Crippen LogP contribution < -0.4 is 5.32 Å². The van der Waals surface area contributed by atoms with Crippen LogP contribution in [0.2, 0.25) is 5.02 Å². The van der Waals surface area contributed by atoms with Gasteiger partial charge in [0.15, 0.2) is 0 Å². The van der Waals surface area contributed by atoms with E-state index in [0.717, 1.165) is 49.6 Å². The number of benzene rings is 1. The van der Waals surface area contributed by atoms with Gasteiger partial charge in [-0.25, -0.2) is 4.98 Å². The van der Waals surface area contributed by atoms with E-state index in [-0.39, 0.29) is 5.91 Å². The number of amides is 1. The van der Waals surface area contributed by atoms with Crippen LogP contribution in [0.3, 0.4) is 0 Å². The fourth-order valence-electron chi connectivity index (χ4n) is 4.00. The van der Waals surface area contributed by atoms with Crippen LogP contribution in [0.5, 0.6) is 0 Å². The summed E-state index contributed by atoms with van der Waals surface area (Å²) >= 11 is 6.54. The average molecular weight is 485 g/mol. The van der Waals surface area contributed by atoms with E-state index in [1.165, 1.54) is 6.20 Å². The Hall–Kier alpha value is -3.70. The third-order valence-corrected chi connectivity index (χ3v) is 6.40. The van der Waals surface area contributed by atoms with Crippen LogP contribution in [0, 0.1) is 11.8 Å². The zero-order valence-electron chi connectivity index (χ0n) is 19.4. The van der Waals surface area contributed by atoms with Crippen LogP contribution in [0.25, 0.3) is 5.65 Å². The molecule has 1 N–H and O–H groups in total. The van der Waals surface area contributed by atoms with Gasteiger partial charge in [-0.1, -0.05) is 29.7 Å². The van der Waals surface area contributed by atoms with Gasteiger partial charge in [-0.2, -0.15) is 0 Å². The molecule has 1 aliphatic heterocycles. The SMILES string of the molecule is CN1CCN(Cc2ccc(NC(=O)c3cncc(C#Cc4cnc5ccccn45)c3)cc2Cl)CC1. The summed E-state index contributed by atoms with van der Waals surface area (Å²) in [7, 11) is 2.14. The molecule has 7 nitrogen and oxygen atoms in total. The van der Waals surface area contributed by atoms with E-state index in [4.69, 9.17) is 11.6 Å². The summed E-state index contributed by atoms with van der Waals surface area (Å²) in [6.07, 6.45) is 6.80. The minimum absolute atomic E-state index is 0.265. The number of nitrogens with one attached hydrogen (secondary N) is 1. The molecule has 0 saturated carbocycles. The van der Waals surface area contributed by atoms with Crippen molar-refractivity contribution in [3.05, 3.63) is 94.7 Å². The summed E-state index contributed by atoms with van der Waals surface area (Å²) in [5, 5.41) is 3.56. The molecule has 0 unspecified atom stereocenters. The van der Waals surface area contributed by atoms with Crippen molar-refractivity contribution in [2.45, 2.75) is 6.54 Å². The number of anilines is 1. The monoisotopic (exact) mass is 484 g/mol. The van der Waals surface area contributed by atoms with Gasteiger partial charge in [-0.15, -0.1) is 0 Å². The zero-order chi connectivity index (χ0) is 24.2. The van der Waals surface area contributed by atoms with Crippen molar-refractivity contribution in [2.24, 2.45) is 0 Å². The molecule has 1 saturated heterocycles. The Morgan fingerprint density at radius 2 is 1.91 bits per heavy atom. The molecule has 8 heteroatoms. The molecular weight excluding hydrogens is 460 g/mol. The Morgan fingerprint density at radius 1 is 1.06 bits per heavy atom. The number of fused-ring (bicyclic) bond motifs is 1. The minimum Gasteiger partial charge on any atom is -0.322 e. The van der Waals surface area contributed by atoms with Crippen molar-refractivity contribution in [1.29, 1.82) is 0 Å². The lowest BCUT2D eigenvalue weighted by atomic mass is 10.1. The summed E-state index contributed by atoms with van der Waals surface area (Å²) in [4.78, 5) is 26.1. The van der Waals surface area contributed by atoms with Gasteiger partial charge in [0.25, 0.3) is 5.91 Å². The quantitative estimate of drug-likeness (QED) is 0.446. The van der Waals surface area contributed by atoms with E-state index >= 15 is 0 Å². The van der Waals surface area contributed by atoms with E-state index in [9.17, 15) is 4.79 Å². The molecule has 0 atom stereocenters. The van der Waals surface area contributed by atoms with Crippen molar-refractivity contribution >= 4 is 28.8 Å². The minimum atomic E-state index is -0.265. The van der Waals surface area contributed by atoms with Crippen LogP contribution in [-0.4, -0.2) is 63.3 Å². The van der Waals surface area contributed by atoms with Crippen LogP contribution in [0.1, 0.15) is 27.2 Å². The maximum atomic E-state index is 12.8. The largest absolute Gasteiger partial charge is 0.322 e. The topological polar surface area (TPSA) is 65.8 Å². The summed E-state index contributed by atoms with van der Waals surface area (Å²) in [6, 6.07) is 13.2. The van der Waals surface area contributed by atoms with Gasteiger partial charge in [-0.05, 0) is 48.9 Å². The van der Waals surface area contributed by atoms with Crippen molar-refractivity contribution in [2.75, 3.05) is 38.5 Å². The number of likely N-dealkylation sites (N-methyl/N-ethyl adjacent to an activating group) is 1. The van der Waals surface area contributed by atoms with Gasteiger partial charge in [-0.3, -0.25) is 19.1 Å². The van der Waals surface area contributed by atoms with E-state index < -0.39 is 0 Å². The molecule has 4 aromatic rings. The highest BCUT2D eigenvalue weighted by Gasteiger charge is 2.16. The summed E-state index contributed by atoms with van der Waals surface area (Å²) < 4.78 is 1.91. The molecule has 1 amide bonds. The van der Waals surface area contributed by atoms with Crippen LogP contribution >= 0.6 is 11.6 Å². The highest BCUT2D eigenvalue weighted by atomic mass is 35.5. The highest BCUT2D eigenvalue weighted by molar-refractivity contribution is 6.31. The van der Waals surface area contributed by atoms with Crippen molar-refractivity contribution in [3.63, 3.8) is 0 Å². The third-order valence-electron chi connectivity index (χ3n) is 6.05. The number of pyridine rings is 2. The number of hydrogen-bond acceptors (Lipinski definition) is 5. The molecule has 0 radical (unpaired) electrons. The normalized spacial score (nSPS) is 14.5. The molecule has 0 aliphatic carbocycles. The number of carbonyl (C=O) groups is 1. The Morgan fingerprint density at radius 3 is 2.74 bits per heavy atom. The van der Waals surface area contributed by atoms with Crippen molar-refractivity contribution < 1.29 is 4.79 Å². The predicted molar refractivity (Wildman–Crippen MR) is 138 cm³/mol. The second-order valence-corrected chi connectivity index (χ2v) is 9.03. The molecule has 0 bridgehead atoms. The van der Waals surface area contributed by atoms with E-state index in [0.29, 0.717) is 21.8 Å². The Bertz CT molecular complexity index is 1430. The van der Waals surface area contributed by atoms with Gasteiger partial charge < -0.3 is 10.2 Å². The standard InChI is InChI=1S/C27H25ClN6O/c1-32-10-12-33(13-11-32)19-21-6-7-23(15-25(21)28)31-27(35)22-14-20(16-29-17-22)5-8-24-18-30-26-4-2-3-9-34(24)26/h2-4,6-7,9,14-18H,10-13,19H2,1H3,(H,31,35). The van der Waals surface area contributed by atoms with Gasteiger partial charge in [0.05, 0.1) is 11.8 Å². The third kappa shape index (κ3) is 5.52. The fraction of sp³-hybridized carbons (Fsp3) is 0.222. The molecule has 1 fully saturated rings. The molecule has 35 heavy (non-hydrogen) atoms. The lowest BCUT2D eigenvalue weighted by Gasteiger charge is -2.32. The van der Waals surface area contributed by atoms with E-state index in [1.807, 2.05) is 40.9 Å². The van der Waals surface area contributed by atoms with Gasteiger partial charge >= 0.3 is 0 Å². The van der Waals surface area contributed by atoms with Gasteiger partial charge in [0.2, 0.25) is 0 Å². The second kappa shape index (κ2) is 10.3. The lowest BCUT2D eigenvalue weighted by molar-refractivity contribution is 0.102. The Balaban J connectivity index is 1.26. The van der Waals surface area contributed by atoms with Gasteiger partial charge in [0.1, 0.15) is 11.3 Å². The zero-order valence-corrected chi connectivity index (χ0v) is 20.2. The molecule has 4 heterocycles. The first-order chi connectivity index (χ1) is 17.0. The Kier molecular flexibility index (Phi) is 6.77. The number of nitrogens with zero attached hydrogens (tertiary/aromatic N) is 5. The smallest absolute Gasteiger partial charge is 0.257 e. The molecule has 3 aromatic heterocycles. The molecule has 176 valence electrons. The van der Waals surface area contributed by atoms with Crippen LogP contribution in [-0.2, 0) is 6.54 Å². The Labute approximate surface area is 209 Å². The molecule has 1 aromatic carbocycles. The average Bonchev–Trinajstić information content (AvgIpc) is 3.29. The maximum Gasteiger partial charge on any atom is 0.257 e. The van der Waals surface area contributed by atoms with E-state index in [1.54, 1.807) is 24.5 Å². The van der Waals surface area contributed by atoms with Crippen molar-refractivity contribution in [1.82, 2.24) is 24.2 Å². The summed E-state index contributed by atoms with van der Waals surface area (Å²) in [5.74, 6) is 5.91. The number of rotatable bonds is 4. The number of piperazine rings is 1. The first-order valence-corrected chi connectivity index (χ1v) is 11.8. The summed E-state index contributed by atoms with van der Waals surface area (Å²) in [5.41, 5.74) is 4.36. The molecule has 1 aliphatic rings. The molecule has 5 rings (SSSR count). The number of hydrogen-bond donors (Lipinski definition) is 1. The second-order valence-electron chi connectivity index (χ2n) is 8.62. The first-order valence-electron chi connectivity index (χ1n) is 11.4. The fourth-order valence-corrected chi connectivity index (χ4v) is 4.24. The molecule has 0 spiro atoms. The lowest BCUT2D eigenvalue weighted by Crippen LogP contribution is -2.43. The van der Waals surface area contributed by atoms with Crippen molar-refractivity contribution in [3.8, 4) is 11.8 Å². The first kappa shape index (κ1) is 23.1. The number of carbonyl (C=O) groups excluding carboxylic acids is 1. The number of imidazole rings is 1. The van der Waals surface area contributed by atoms with Gasteiger partial charge in [0, 0.05) is 67.6 Å². The maximum absolute atomic E-state index is 12.8. The predicted octanol–water partition coefficient (Wildman–Crippen LogP) is 3.78. The number of halogens is 1. The van der Waals surface area contributed by atoms with Crippen LogP contribution in [0.4, 0.5) is 5.69 Å². The summed E-state index contributed by atoms with van der Waals surface area (Å²) in [6.45, 7) is 4.96. The molecular formula is C27H25ClN6O. The van der Waals surface area contributed by atoms with E-state index in [2.05, 4.69) is 44.0 Å². The number of aromatic nitrogens is 3.